The number of rotatable bonds is 13. The molecule has 0 fully saturated rings. The molecule has 0 bridgehead atoms. The van der Waals surface area contributed by atoms with Crippen LogP contribution < -0.4 is 4.72 Å². The van der Waals surface area contributed by atoms with Gasteiger partial charge in [0.05, 0.1) is 33.9 Å². The second kappa shape index (κ2) is 15.9. The summed E-state index contributed by atoms with van der Waals surface area (Å²) < 4.78 is 79.6. The topological polar surface area (TPSA) is 167 Å². The number of ether oxygens (including phenoxy) is 2. The van der Waals surface area contributed by atoms with E-state index in [1.807, 2.05) is 6.92 Å². The molecule has 4 rings (SSSR count). The van der Waals surface area contributed by atoms with Gasteiger partial charge in [-0.05, 0) is 55.3 Å². The van der Waals surface area contributed by atoms with E-state index in [2.05, 4.69) is 10.4 Å². The van der Waals surface area contributed by atoms with Crippen molar-refractivity contribution in [2.45, 2.75) is 51.1 Å². The molecule has 1 unspecified atom stereocenters. The lowest BCUT2D eigenvalue weighted by atomic mass is 10.1. The van der Waals surface area contributed by atoms with Gasteiger partial charge in [0.1, 0.15) is 12.6 Å². The molecular formula is C33H35F3N6O8S. The minimum absolute atomic E-state index is 0.0542. The molecule has 1 N–H and O–H groups in total. The van der Waals surface area contributed by atoms with Gasteiger partial charge in [-0.2, -0.15) is 18.3 Å². The summed E-state index contributed by atoms with van der Waals surface area (Å²) in [6.07, 6.45) is -7.31. The highest BCUT2D eigenvalue weighted by atomic mass is 32.2. The summed E-state index contributed by atoms with van der Waals surface area (Å²) in [4.78, 5) is 29.4. The molecule has 0 saturated carbocycles. The standard InChI is InChI=1S/C33H35F3N6O8S/c1-21(2)29(40(5)42(45)39-50-23(4)49-31(43)25-9-7-6-8-10-25)20-48-32(44)38-51(46,47)27-17-15-26(16-18-27)41-28(19-30(37-41)33(34,35)36)24-13-11-22(3)12-14-24/h6-19,21,23,29H,20H2,1-5H3,(H,38,44)/t23?,29-/m1/s1. The average Bonchev–Trinajstić information content (AvgIpc) is 3.54. The molecular weight excluding hydrogens is 697 g/mol. The Morgan fingerprint density at radius 1 is 1.02 bits per heavy atom. The normalized spacial score (nSPS) is 13.3. The van der Waals surface area contributed by atoms with Crippen LogP contribution in [0.4, 0.5) is 18.0 Å². The van der Waals surface area contributed by atoms with Crippen LogP contribution in [0.3, 0.4) is 0 Å². The van der Waals surface area contributed by atoms with E-state index in [0.717, 1.165) is 33.5 Å². The molecule has 14 nitrogen and oxygen atoms in total. The fourth-order valence-corrected chi connectivity index (χ4v) is 5.50. The first-order chi connectivity index (χ1) is 24.0. The zero-order valence-electron chi connectivity index (χ0n) is 28.1. The maximum atomic E-state index is 13.6. The average molecular weight is 733 g/mol. The van der Waals surface area contributed by atoms with E-state index < -0.39 is 52.9 Å². The van der Waals surface area contributed by atoms with Crippen LogP contribution in [0.25, 0.3) is 16.9 Å². The van der Waals surface area contributed by atoms with E-state index in [9.17, 15) is 36.4 Å². The Balaban J connectivity index is 1.39. The molecule has 1 amide bonds. The number of hydrazine groups is 1. The van der Waals surface area contributed by atoms with Gasteiger partial charge in [0.2, 0.25) is 5.28 Å². The summed E-state index contributed by atoms with van der Waals surface area (Å²) in [5, 5.41) is 20.7. The Morgan fingerprint density at radius 3 is 2.24 bits per heavy atom. The van der Waals surface area contributed by atoms with Crippen molar-refractivity contribution in [3.63, 3.8) is 0 Å². The summed E-state index contributed by atoms with van der Waals surface area (Å²) in [5.41, 5.74) is 0.742. The Labute approximate surface area is 291 Å². The Morgan fingerprint density at radius 2 is 1.65 bits per heavy atom. The molecule has 0 saturated heterocycles. The van der Waals surface area contributed by atoms with Gasteiger partial charge in [-0.25, -0.2) is 27.4 Å². The highest BCUT2D eigenvalue weighted by Crippen LogP contribution is 2.33. The fourth-order valence-electron chi connectivity index (χ4n) is 4.61. The van der Waals surface area contributed by atoms with Crippen LogP contribution in [-0.4, -0.2) is 66.2 Å². The summed E-state index contributed by atoms with van der Waals surface area (Å²) in [7, 11) is -3.17. The first kappa shape index (κ1) is 38.2. The predicted octanol–water partition coefficient (Wildman–Crippen LogP) is 6.25. The molecule has 3 aromatic carbocycles. The number of hydrogen-bond acceptors (Lipinski definition) is 10. The van der Waals surface area contributed by atoms with Crippen molar-refractivity contribution in [1.82, 2.24) is 19.5 Å². The lowest BCUT2D eigenvalue weighted by molar-refractivity contribution is -0.716. The molecule has 0 aliphatic rings. The Bertz CT molecular complexity index is 1950. The minimum Gasteiger partial charge on any atom is -0.569 e. The molecule has 4 aromatic rings. The predicted molar refractivity (Wildman–Crippen MR) is 175 cm³/mol. The number of likely N-dealkylation sites (N-methyl/N-ethyl adjacent to an activating group) is 1. The third kappa shape index (κ3) is 9.96. The van der Waals surface area contributed by atoms with Crippen molar-refractivity contribution in [2.24, 2.45) is 11.2 Å². The van der Waals surface area contributed by atoms with E-state index in [0.29, 0.717) is 5.56 Å². The maximum absolute atomic E-state index is 13.6. The fraction of sp³-hybridized carbons (Fsp3) is 0.303. The molecule has 1 heterocycles. The quantitative estimate of drug-likeness (QED) is 0.0546. The van der Waals surface area contributed by atoms with Crippen LogP contribution in [0.15, 0.2) is 95.1 Å². The Kier molecular flexibility index (Phi) is 11.9. The van der Waals surface area contributed by atoms with E-state index in [-0.39, 0.29) is 32.7 Å². The van der Waals surface area contributed by atoms with Crippen molar-refractivity contribution < 1.29 is 50.5 Å². The lowest BCUT2D eigenvalue weighted by Crippen LogP contribution is -2.45. The number of aromatic nitrogens is 2. The zero-order chi connectivity index (χ0) is 37.5. The van der Waals surface area contributed by atoms with Crippen LogP contribution in [-0.2, 0) is 30.5 Å². The number of carbonyl (C=O) groups excluding carboxylic acids is 2. The third-order valence-corrected chi connectivity index (χ3v) is 8.74. The second-order valence-electron chi connectivity index (χ2n) is 11.6. The van der Waals surface area contributed by atoms with Gasteiger partial charge >= 0.3 is 18.2 Å². The molecule has 1 aromatic heterocycles. The van der Waals surface area contributed by atoms with Crippen LogP contribution in [0.5, 0.6) is 0 Å². The lowest BCUT2D eigenvalue weighted by Gasteiger charge is -2.26. The summed E-state index contributed by atoms with van der Waals surface area (Å²) >= 11 is 0. The van der Waals surface area contributed by atoms with Gasteiger partial charge in [0.25, 0.3) is 16.3 Å². The number of nitrogens with zero attached hydrogens (tertiary/aromatic N) is 5. The highest BCUT2D eigenvalue weighted by molar-refractivity contribution is 7.90. The highest BCUT2D eigenvalue weighted by Gasteiger charge is 2.35. The number of sulfonamides is 1. The van der Waals surface area contributed by atoms with Crippen molar-refractivity contribution in [3.8, 4) is 16.9 Å². The number of hydrogen-bond donors (Lipinski definition) is 1. The van der Waals surface area contributed by atoms with Gasteiger partial charge in [-0.1, -0.05) is 61.9 Å². The van der Waals surface area contributed by atoms with Crippen molar-refractivity contribution in [3.05, 3.63) is 107 Å². The molecule has 18 heteroatoms. The number of benzene rings is 3. The van der Waals surface area contributed by atoms with Crippen molar-refractivity contribution in [2.75, 3.05) is 13.7 Å². The van der Waals surface area contributed by atoms with E-state index in [4.69, 9.17) is 14.3 Å². The molecule has 51 heavy (non-hydrogen) atoms. The summed E-state index contributed by atoms with van der Waals surface area (Å²) in [6.45, 7) is 6.15. The van der Waals surface area contributed by atoms with Gasteiger partial charge in [-0.15, -0.1) is 5.01 Å². The summed E-state index contributed by atoms with van der Waals surface area (Å²) in [6, 6.07) is 19.6. The number of alkyl halides is 3. The maximum Gasteiger partial charge on any atom is 0.435 e. The minimum atomic E-state index is -4.73. The smallest absolute Gasteiger partial charge is 0.435 e. The van der Waals surface area contributed by atoms with Crippen LogP contribution in [0, 0.1) is 18.0 Å². The molecule has 0 aliphatic carbocycles. The van der Waals surface area contributed by atoms with Gasteiger partial charge in [-0.3, -0.25) is 4.84 Å². The molecule has 272 valence electrons. The van der Waals surface area contributed by atoms with Crippen LogP contribution in [0.2, 0.25) is 0 Å². The molecule has 0 radical (unpaired) electrons. The van der Waals surface area contributed by atoms with E-state index in [1.165, 1.54) is 38.2 Å². The van der Waals surface area contributed by atoms with Gasteiger partial charge in [0.15, 0.2) is 5.69 Å². The largest absolute Gasteiger partial charge is 0.569 e. The monoisotopic (exact) mass is 732 g/mol. The van der Waals surface area contributed by atoms with Crippen molar-refractivity contribution in [1.29, 1.82) is 0 Å². The van der Waals surface area contributed by atoms with E-state index in [1.54, 1.807) is 61.0 Å². The number of amides is 1. The number of nitrogens with one attached hydrogen (secondary N) is 1. The first-order valence-corrected chi connectivity index (χ1v) is 16.8. The third-order valence-electron chi connectivity index (χ3n) is 7.41. The molecule has 0 aliphatic heterocycles. The SMILES string of the molecule is Cc1ccc(-c2cc(C(F)(F)F)nn2-c2ccc(S(=O)(=O)NC(=O)OC[C@H](C(C)C)N(C)[N+]([O-])=NOC(C)OC(=O)c3ccccc3)cc2)cc1. The van der Waals surface area contributed by atoms with Crippen molar-refractivity contribution >= 4 is 22.1 Å². The van der Waals surface area contributed by atoms with Gasteiger partial charge in [0, 0.05) is 12.5 Å². The van der Waals surface area contributed by atoms with Crippen LogP contribution >= 0.6 is 0 Å². The Hall–Kier alpha value is -5.65. The number of aryl methyl sites for hydroxylation is 1. The second-order valence-corrected chi connectivity index (χ2v) is 13.2. The number of esters is 1. The van der Waals surface area contributed by atoms with Gasteiger partial charge < -0.3 is 14.7 Å². The van der Waals surface area contributed by atoms with Crippen LogP contribution in [0.1, 0.15) is 42.4 Å². The van der Waals surface area contributed by atoms with E-state index >= 15 is 0 Å². The molecule has 2 atom stereocenters. The first-order valence-electron chi connectivity index (χ1n) is 15.3. The molecule has 0 spiro atoms. The number of carbonyl (C=O) groups is 2. The number of halogens is 3. The summed E-state index contributed by atoms with van der Waals surface area (Å²) in [5.74, 6) is -1.02. The zero-order valence-corrected chi connectivity index (χ0v) is 28.9.